The predicted octanol–water partition coefficient (Wildman–Crippen LogP) is 5.24. The third kappa shape index (κ3) is 14.5. The van der Waals surface area contributed by atoms with Gasteiger partial charge in [0.1, 0.15) is 6.04 Å². The molecule has 0 fully saturated rings. The van der Waals surface area contributed by atoms with E-state index in [1.54, 1.807) is 0 Å². The molecule has 6 nitrogen and oxygen atoms in total. The second-order valence-electron chi connectivity index (χ2n) is 7.74. The van der Waals surface area contributed by atoms with Crippen molar-refractivity contribution in [1.29, 1.82) is 0 Å². The minimum Gasteiger partial charge on any atom is -0.481 e. The normalized spacial score (nSPS) is 11.9. The van der Waals surface area contributed by atoms with Gasteiger partial charge in [-0.1, -0.05) is 84.0 Å². The average Bonchev–Trinajstić information content (AvgIpc) is 2.65. The lowest BCUT2D eigenvalue weighted by Crippen LogP contribution is -2.44. The standard InChI is InChI=1S/C22H41NO5/c1-3-4-5-6-7-8-9-10-11-12-13-14-15-16-20(24)23(18-17-21(25)26)19(2)22(27)28/h19H,3-18H2,1-2H3,(H,25,26)(H,27,28). The highest BCUT2D eigenvalue weighted by atomic mass is 16.4. The van der Waals surface area contributed by atoms with E-state index in [0.29, 0.717) is 0 Å². The van der Waals surface area contributed by atoms with Crippen LogP contribution in [0.25, 0.3) is 0 Å². The second kappa shape index (κ2) is 17.5. The van der Waals surface area contributed by atoms with Crippen LogP contribution < -0.4 is 0 Å². The van der Waals surface area contributed by atoms with Gasteiger partial charge in [0.05, 0.1) is 6.42 Å². The number of amides is 1. The molecule has 0 rings (SSSR count). The van der Waals surface area contributed by atoms with Gasteiger partial charge in [0.15, 0.2) is 0 Å². The van der Waals surface area contributed by atoms with Crippen LogP contribution >= 0.6 is 0 Å². The number of carbonyl (C=O) groups is 3. The zero-order chi connectivity index (χ0) is 21.2. The number of nitrogens with zero attached hydrogens (tertiary/aromatic N) is 1. The van der Waals surface area contributed by atoms with Crippen molar-refractivity contribution in [2.75, 3.05) is 6.54 Å². The Labute approximate surface area is 170 Å². The van der Waals surface area contributed by atoms with Crippen molar-refractivity contribution in [2.24, 2.45) is 0 Å². The maximum absolute atomic E-state index is 12.3. The molecule has 0 radical (unpaired) electrons. The maximum atomic E-state index is 12.3. The Morgan fingerprint density at radius 2 is 1.14 bits per heavy atom. The molecule has 1 atom stereocenters. The van der Waals surface area contributed by atoms with Crippen LogP contribution in [0.4, 0.5) is 0 Å². The van der Waals surface area contributed by atoms with Crippen LogP contribution in [0.15, 0.2) is 0 Å². The van der Waals surface area contributed by atoms with E-state index in [2.05, 4.69) is 6.92 Å². The van der Waals surface area contributed by atoms with E-state index in [1.807, 2.05) is 0 Å². The molecule has 0 aromatic heterocycles. The first kappa shape index (κ1) is 26.4. The summed E-state index contributed by atoms with van der Waals surface area (Å²) < 4.78 is 0. The summed E-state index contributed by atoms with van der Waals surface area (Å²) in [5, 5.41) is 17.9. The summed E-state index contributed by atoms with van der Waals surface area (Å²) in [6.07, 6.45) is 15.9. The van der Waals surface area contributed by atoms with Crippen molar-refractivity contribution >= 4 is 17.8 Å². The van der Waals surface area contributed by atoms with Gasteiger partial charge in [-0.05, 0) is 13.3 Å². The number of hydrogen-bond donors (Lipinski definition) is 2. The molecule has 164 valence electrons. The van der Waals surface area contributed by atoms with Gasteiger partial charge in [0, 0.05) is 13.0 Å². The highest BCUT2D eigenvalue weighted by Crippen LogP contribution is 2.14. The summed E-state index contributed by atoms with van der Waals surface area (Å²) in [5.41, 5.74) is 0. The Morgan fingerprint density at radius 1 is 0.714 bits per heavy atom. The van der Waals surface area contributed by atoms with Crippen LogP contribution in [0.3, 0.4) is 0 Å². The van der Waals surface area contributed by atoms with Crippen molar-refractivity contribution in [3.63, 3.8) is 0 Å². The third-order valence-electron chi connectivity index (χ3n) is 5.21. The quantitative estimate of drug-likeness (QED) is 0.289. The fourth-order valence-corrected chi connectivity index (χ4v) is 3.32. The largest absolute Gasteiger partial charge is 0.481 e. The van der Waals surface area contributed by atoms with Crippen molar-refractivity contribution in [3.8, 4) is 0 Å². The lowest BCUT2D eigenvalue weighted by atomic mass is 10.0. The third-order valence-corrected chi connectivity index (χ3v) is 5.21. The summed E-state index contributed by atoms with van der Waals surface area (Å²) in [7, 11) is 0. The molecule has 1 unspecified atom stereocenters. The van der Waals surface area contributed by atoms with E-state index in [9.17, 15) is 14.4 Å². The molecular formula is C22H41NO5. The van der Waals surface area contributed by atoms with Gasteiger partial charge in [0.2, 0.25) is 5.91 Å². The first-order valence-electron chi connectivity index (χ1n) is 11.1. The first-order valence-corrected chi connectivity index (χ1v) is 11.1. The summed E-state index contributed by atoms with van der Waals surface area (Å²) in [5.74, 6) is -2.40. The molecule has 0 aliphatic heterocycles. The molecular weight excluding hydrogens is 358 g/mol. The fourth-order valence-electron chi connectivity index (χ4n) is 3.32. The monoisotopic (exact) mass is 399 g/mol. The number of rotatable bonds is 19. The van der Waals surface area contributed by atoms with Crippen molar-refractivity contribution < 1.29 is 24.6 Å². The molecule has 0 saturated carbocycles. The van der Waals surface area contributed by atoms with E-state index in [0.717, 1.165) is 19.3 Å². The van der Waals surface area contributed by atoms with Gasteiger partial charge < -0.3 is 15.1 Å². The van der Waals surface area contributed by atoms with Gasteiger partial charge in [-0.3, -0.25) is 9.59 Å². The smallest absolute Gasteiger partial charge is 0.326 e. The van der Waals surface area contributed by atoms with Crippen LogP contribution in [-0.4, -0.2) is 45.5 Å². The molecule has 0 aliphatic carbocycles. The lowest BCUT2D eigenvalue weighted by molar-refractivity contribution is -0.150. The molecule has 28 heavy (non-hydrogen) atoms. The Balaban J connectivity index is 3.77. The molecule has 1 amide bonds. The summed E-state index contributed by atoms with van der Waals surface area (Å²) in [6.45, 7) is 3.61. The number of hydrogen-bond acceptors (Lipinski definition) is 3. The number of unbranched alkanes of at least 4 members (excludes halogenated alkanes) is 12. The van der Waals surface area contributed by atoms with Gasteiger partial charge in [-0.25, -0.2) is 4.79 Å². The molecule has 0 saturated heterocycles. The van der Waals surface area contributed by atoms with Gasteiger partial charge in [0.25, 0.3) is 0 Å². The Hall–Kier alpha value is -1.59. The first-order chi connectivity index (χ1) is 13.4. The number of aliphatic carboxylic acids is 2. The SMILES string of the molecule is CCCCCCCCCCCCCCCC(=O)N(CCC(=O)O)C(C)C(=O)O. The van der Waals surface area contributed by atoms with Crippen LogP contribution in [0.2, 0.25) is 0 Å². The highest BCUT2D eigenvalue weighted by molar-refractivity contribution is 5.83. The van der Waals surface area contributed by atoms with E-state index in [4.69, 9.17) is 10.2 Å². The lowest BCUT2D eigenvalue weighted by Gasteiger charge is -2.26. The van der Waals surface area contributed by atoms with E-state index in [1.165, 1.54) is 76.0 Å². The highest BCUT2D eigenvalue weighted by Gasteiger charge is 2.25. The molecule has 0 aromatic rings. The molecule has 6 heteroatoms. The molecule has 0 heterocycles. The fraction of sp³-hybridized carbons (Fsp3) is 0.864. The molecule has 2 N–H and O–H groups in total. The van der Waals surface area contributed by atoms with Crippen molar-refractivity contribution in [2.45, 2.75) is 116 Å². The minimum absolute atomic E-state index is 0.0555. The van der Waals surface area contributed by atoms with E-state index < -0.39 is 18.0 Å². The van der Waals surface area contributed by atoms with Crippen LogP contribution in [-0.2, 0) is 14.4 Å². The average molecular weight is 400 g/mol. The number of carboxylic acid groups (broad SMARTS) is 2. The van der Waals surface area contributed by atoms with Crippen molar-refractivity contribution in [1.82, 2.24) is 4.90 Å². The topological polar surface area (TPSA) is 94.9 Å². The van der Waals surface area contributed by atoms with Crippen LogP contribution in [0, 0.1) is 0 Å². The summed E-state index contributed by atoms with van der Waals surface area (Å²) in [4.78, 5) is 35.3. The predicted molar refractivity (Wildman–Crippen MR) is 111 cm³/mol. The molecule has 0 bridgehead atoms. The molecule has 0 aliphatic rings. The van der Waals surface area contributed by atoms with Crippen molar-refractivity contribution in [3.05, 3.63) is 0 Å². The van der Waals surface area contributed by atoms with Crippen LogP contribution in [0.5, 0.6) is 0 Å². The zero-order valence-electron chi connectivity index (χ0n) is 18.0. The van der Waals surface area contributed by atoms with Crippen LogP contribution in [0.1, 0.15) is 110 Å². The van der Waals surface area contributed by atoms with E-state index in [-0.39, 0.29) is 25.3 Å². The molecule has 0 spiro atoms. The summed E-state index contributed by atoms with van der Waals surface area (Å²) in [6, 6.07) is -0.992. The minimum atomic E-state index is -1.11. The Morgan fingerprint density at radius 3 is 1.54 bits per heavy atom. The van der Waals surface area contributed by atoms with Gasteiger partial charge in [-0.15, -0.1) is 0 Å². The second-order valence-corrected chi connectivity index (χ2v) is 7.74. The zero-order valence-corrected chi connectivity index (χ0v) is 18.0. The van der Waals surface area contributed by atoms with Gasteiger partial charge >= 0.3 is 11.9 Å². The summed E-state index contributed by atoms with van der Waals surface area (Å²) >= 11 is 0. The number of carboxylic acids is 2. The Kier molecular flexibility index (Phi) is 16.5. The number of carbonyl (C=O) groups excluding carboxylic acids is 1. The Bertz CT molecular complexity index is 439. The molecule has 0 aromatic carbocycles. The van der Waals surface area contributed by atoms with E-state index >= 15 is 0 Å². The maximum Gasteiger partial charge on any atom is 0.326 e. The van der Waals surface area contributed by atoms with Gasteiger partial charge in [-0.2, -0.15) is 0 Å².